The summed E-state index contributed by atoms with van der Waals surface area (Å²) >= 11 is 7.31. The van der Waals surface area contributed by atoms with Gasteiger partial charge in [0.05, 0.1) is 16.9 Å². The topological polar surface area (TPSA) is 46.3 Å². The third kappa shape index (κ3) is 1.92. The van der Waals surface area contributed by atoms with Gasteiger partial charge in [0.2, 0.25) is 5.91 Å². The van der Waals surface area contributed by atoms with Crippen LogP contribution in [0.25, 0.3) is 0 Å². The smallest absolute Gasteiger partial charge is 0.239 e. The highest BCUT2D eigenvalue weighted by Crippen LogP contribution is 2.24. The largest absolute Gasteiger partial charge is 0.336 e. The van der Waals surface area contributed by atoms with Crippen LogP contribution in [0, 0.1) is 0 Å². The van der Waals surface area contributed by atoms with Crippen molar-refractivity contribution >= 4 is 28.8 Å². The van der Waals surface area contributed by atoms with Crippen LogP contribution in [0.1, 0.15) is 11.3 Å². The van der Waals surface area contributed by atoms with Crippen LogP contribution < -0.4 is 5.73 Å². The van der Waals surface area contributed by atoms with E-state index >= 15 is 0 Å². The van der Waals surface area contributed by atoms with E-state index in [0.717, 1.165) is 22.2 Å². The highest BCUT2D eigenvalue weighted by Gasteiger charge is 2.28. The Morgan fingerprint density at radius 1 is 1.64 bits per heavy atom. The van der Waals surface area contributed by atoms with Crippen LogP contribution in [0.3, 0.4) is 0 Å². The Morgan fingerprint density at radius 2 is 2.43 bits per heavy atom. The molecule has 0 saturated carbocycles. The lowest BCUT2D eigenvalue weighted by Crippen LogP contribution is -2.33. The summed E-state index contributed by atoms with van der Waals surface area (Å²) in [6.45, 7) is 1.40. The first kappa shape index (κ1) is 9.96. The van der Waals surface area contributed by atoms with Gasteiger partial charge in [-0.1, -0.05) is 11.6 Å². The van der Waals surface area contributed by atoms with Crippen molar-refractivity contribution in [3.05, 3.63) is 21.3 Å². The molecule has 0 aliphatic carbocycles. The number of carbonyl (C=O) groups is 1. The van der Waals surface area contributed by atoms with Gasteiger partial charge in [0.1, 0.15) is 0 Å². The van der Waals surface area contributed by atoms with E-state index < -0.39 is 0 Å². The van der Waals surface area contributed by atoms with E-state index in [0.29, 0.717) is 6.54 Å². The fourth-order valence-corrected chi connectivity index (χ4v) is 2.65. The summed E-state index contributed by atoms with van der Waals surface area (Å²) in [6, 6.07) is 3.50. The molecule has 1 fully saturated rings. The Bertz CT molecular complexity index is 352. The molecule has 1 saturated heterocycles. The number of nitrogens with zero attached hydrogens (tertiary/aromatic N) is 1. The molecule has 0 spiro atoms. The maximum Gasteiger partial charge on any atom is 0.239 e. The number of carbonyl (C=O) groups excluding carboxylic acids is 1. The Labute approximate surface area is 91.5 Å². The predicted molar refractivity (Wildman–Crippen MR) is 57.3 cm³/mol. The average Bonchev–Trinajstić information content (AvgIpc) is 2.67. The number of nitrogens with two attached hydrogens (primary N) is 1. The predicted octanol–water partition coefficient (Wildman–Crippen LogP) is 1.46. The van der Waals surface area contributed by atoms with Gasteiger partial charge in [0.15, 0.2) is 0 Å². The maximum absolute atomic E-state index is 11.5. The third-order valence-electron chi connectivity index (χ3n) is 2.31. The van der Waals surface area contributed by atoms with Crippen molar-refractivity contribution in [3.63, 3.8) is 0 Å². The first-order valence-electron chi connectivity index (χ1n) is 4.45. The van der Waals surface area contributed by atoms with Gasteiger partial charge in [-0.25, -0.2) is 0 Å². The summed E-state index contributed by atoms with van der Waals surface area (Å²) in [7, 11) is 0. The van der Waals surface area contributed by atoms with Crippen molar-refractivity contribution < 1.29 is 4.79 Å². The first-order valence-corrected chi connectivity index (χ1v) is 5.65. The lowest BCUT2D eigenvalue weighted by Gasteiger charge is -2.14. The van der Waals surface area contributed by atoms with Crippen LogP contribution >= 0.6 is 22.9 Å². The zero-order valence-electron chi connectivity index (χ0n) is 7.57. The molecule has 1 unspecified atom stereocenters. The summed E-state index contributed by atoms with van der Waals surface area (Å²) < 4.78 is 0.760. The van der Waals surface area contributed by atoms with Crippen molar-refractivity contribution in [2.75, 3.05) is 6.54 Å². The normalized spacial score (nSPS) is 22.0. The standard InChI is InChI=1S/C9H11ClN2OS/c10-8-2-1-6(14-8)5-12-4-3-7(11)9(12)13/h1-2,7H,3-5,11H2. The second kappa shape index (κ2) is 3.88. The zero-order chi connectivity index (χ0) is 10.1. The molecule has 0 bridgehead atoms. The first-order chi connectivity index (χ1) is 6.66. The summed E-state index contributed by atoms with van der Waals surface area (Å²) in [5.41, 5.74) is 5.61. The number of hydrogen-bond donors (Lipinski definition) is 1. The second-order valence-electron chi connectivity index (χ2n) is 3.36. The summed E-state index contributed by atoms with van der Waals surface area (Å²) in [5.74, 6) is 0.0505. The molecule has 2 rings (SSSR count). The molecule has 76 valence electrons. The molecule has 1 aliphatic heterocycles. The van der Waals surface area contributed by atoms with Gasteiger partial charge in [-0.2, -0.15) is 0 Å². The van der Waals surface area contributed by atoms with Crippen LogP contribution in [0.15, 0.2) is 12.1 Å². The molecular weight excluding hydrogens is 220 g/mol. The van der Waals surface area contributed by atoms with Crippen molar-refractivity contribution in [3.8, 4) is 0 Å². The van der Waals surface area contributed by atoms with E-state index in [-0.39, 0.29) is 11.9 Å². The van der Waals surface area contributed by atoms with Crippen molar-refractivity contribution in [2.24, 2.45) is 5.73 Å². The maximum atomic E-state index is 11.5. The van der Waals surface area contributed by atoms with Crippen LogP contribution in [0.4, 0.5) is 0 Å². The van der Waals surface area contributed by atoms with E-state index in [1.807, 2.05) is 12.1 Å². The second-order valence-corrected chi connectivity index (χ2v) is 5.16. The fraction of sp³-hybridized carbons (Fsp3) is 0.444. The zero-order valence-corrected chi connectivity index (χ0v) is 9.14. The monoisotopic (exact) mass is 230 g/mol. The molecule has 1 aromatic heterocycles. The molecule has 2 N–H and O–H groups in total. The minimum atomic E-state index is -0.301. The van der Waals surface area contributed by atoms with Gasteiger partial charge in [0.25, 0.3) is 0 Å². The van der Waals surface area contributed by atoms with Crippen molar-refractivity contribution in [1.29, 1.82) is 0 Å². The Hall–Kier alpha value is -0.580. The van der Waals surface area contributed by atoms with Crippen molar-refractivity contribution in [2.45, 2.75) is 19.0 Å². The van der Waals surface area contributed by atoms with Gasteiger partial charge >= 0.3 is 0 Å². The molecule has 14 heavy (non-hydrogen) atoms. The highest BCUT2D eigenvalue weighted by molar-refractivity contribution is 7.16. The van der Waals surface area contributed by atoms with Crippen LogP contribution in [-0.2, 0) is 11.3 Å². The molecule has 1 aromatic rings. The quantitative estimate of drug-likeness (QED) is 0.836. The minimum Gasteiger partial charge on any atom is -0.336 e. The molecule has 0 radical (unpaired) electrons. The minimum absolute atomic E-state index is 0.0505. The lowest BCUT2D eigenvalue weighted by atomic mass is 10.3. The molecule has 2 heterocycles. The van der Waals surface area contributed by atoms with E-state index in [4.69, 9.17) is 17.3 Å². The van der Waals surface area contributed by atoms with Crippen molar-refractivity contribution in [1.82, 2.24) is 4.90 Å². The number of hydrogen-bond acceptors (Lipinski definition) is 3. The SMILES string of the molecule is NC1CCN(Cc2ccc(Cl)s2)C1=O. The van der Waals surface area contributed by atoms with Gasteiger partial charge in [-0.3, -0.25) is 4.79 Å². The number of thiophene rings is 1. The number of rotatable bonds is 2. The van der Waals surface area contributed by atoms with Gasteiger partial charge in [-0.05, 0) is 18.6 Å². The Kier molecular flexibility index (Phi) is 2.76. The summed E-state index contributed by atoms with van der Waals surface area (Å²) in [6.07, 6.45) is 0.762. The number of halogens is 1. The van der Waals surface area contributed by atoms with Crippen LogP contribution in [0.5, 0.6) is 0 Å². The molecule has 1 atom stereocenters. The summed E-state index contributed by atoms with van der Waals surface area (Å²) in [5, 5.41) is 0. The van der Waals surface area contributed by atoms with E-state index in [9.17, 15) is 4.79 Å². The fourth-order valence-electron chi connectivity index (χ4n) is 1.54. The number of likely N-dealkylation sites (tertiary alicyclic amines) is 1. The molecule has 3 nitrogen and oxygen atoms in total. The van der Waals surface area contributed by atoms with Crippen LogP contribution in [0.2, 0.25) is 4.34 Å². The third-order valence-corrected chi connectivity index (χ3v) is 3.53. The molecular formula is C9H11ClN2OS. The molecule has 5 heteroatoms. The number of amides is 1. The summed E-state index contributed by atoms with van der Waals surface area (Å²) in [4.78, 5) is 14.4. The van der Waals surface area contributed by atoms with E-state index in [1.165, 1.54) is 11.3 Å². The molecule has 1 aliphatic rings. The van der Waals surface area contributed by atoms with E-state index in [2.05, 4.69) is 0 Å². The molecule has 1 amide bonds. The van der Waals surface area contributed by atoms with Gasteiger partial charge in [0, 0.05) is 11.4 Å². The average molecular weight is 231 g/mol. The van der Waals surface area contributed by atoms with Gasteiger partial charge in [-0.15, -0.1) is 11.3 Å². The molecule has 0 aromatic carbocycles. The highest BCUT2D eigenvalue weighted by atomic mass is 35.5. The van der Waals surface area contributed by atoms with Gasteiger partial charge < -0.3 is 10.6 Å². The Morgan fingerprint density at radius 3 is 2.93 bits per heavy atom. The van der Waals surface area contributed by atoms with E-state index in [1.54, 1.807) is 4.90 Å². The Balaban J connectivity index is 2.02. The van der Waals surface area contributed by atoms with Crippen LogP contribution in [-0.4, -0.2) is 23.4 Å². The lowest BCUT2D eigenvalue weighted by molar-refractivity contribution is -0.129.